The molecule has 2 rings (SSSR count). The van der Waals surface area contributed by atoms with E-state index in [0.29, 0.717) is 6.42 Å². The molecule has 120 valence electrons. The molecule has 7 nitrogen and oxygen atoms in total. The van der Waals surface area contributed by atoms with Crippen LogP contribution in [-0.4, -0.2) is 49.5 Å². The highest BCUT2D eigenvalue weighted by molar-refractivity contribution is 7.89. The zero-order chi connectivity index (χ0) is 16.5. The number of methoxy groups -OCH3 is 1. The van der Waals surface area contributed by atoms with Gasteiger partial charge in [0, 0.05) is 11.6 Å². The van der Waals surface area contributed by atoms with Gasteiger partial charge in [-0.25, -0.2) is 13.2 Å². The molecule has 1 N–H and O–H groups in total. The SMILES string of the molecule is COC(=O)c1cc(Cl)ccc1S(=O)(=O)N1CCCC1C(=O)O. The van der Waals surface area contributed by atoms with E-state index in [0.717, 1.165) is 11.4 Å². The summed E-state index contributed by atoms with van der Waals surface area (Å²) in [7, 11) is -3.02. The van der Waals surface area contributed by atoms with Crippen LogP contribution in [0.3, 0.4) is 0 Å². The van der Waals surface area contributed by atoms with E-state index >= 15 is 0 Å². The molecular formula is C13H14ClNO6S. The minimum Gasteiger partial charge on any atom is -0.480 e. The van der Waals surface area contributed by atoms with Crippen molar-refractivity contribution in [2.24, 2.45) is 0 Å². The summed E-state index contributed by atoms with van der Waals surface area (Å²) in [5.41, 5.74) is -0.217. The molecule has 1 aliphatic heterocycles. The van der Waals surface area contributed by atoms with Gasteiger partial charge in [-0.05, 0) is 31.0 Å². The number of carbonyl (C=O) groups is 2. The van der Waals surface area contributed by atoms with E-state index in [-0.39, 0.29) is 28.4 Å². The number of carbonyl (C=O) groups excluding carboxylic acids is 1. The van der Waals surface area contributed by atoms with Crippen LogP contribution in [0, 0.1) is 0 Å². The first-order chi connectivity index (χ1) is 10.3. The van der Waals surface area contributed by atoms with Crippen LogP contribution < -0.4 is 0 Å². The molecule has 9 heteroatoms. The van der Waals surface area contributed by atoms with Crippen LogP contribution in [0.4, 0.5) is 0 Å². The molecule has 0 amide bonds. The van der Waals surface area contributed by atoms with Gasteiger partial charge in [0.1, 0.15) is 6.04 Å². The van der Waals surface area contributed by atoms with Crippen molar-refractivity contribution in [1.82, 2.24) is 4.31 Å². The molecule has 0 spiro atoms. The summed E-state index contributed by atoms with van der Waals surface area (Å²) >= 11 is 5.80. The van der Waals surface area contributed by atoms with Crippen molar-refractivity contribution in [2.45, 2.75) is 23.8 Å². The quantitative estimate of drug-likeness (QED) is 0.825. The maximum Gasteiger partial charge on any atom is 0.339 e. The van der Waals surface area contributed by atoms with Gasteiger partial charge in [-0.2, -0.15) is 4.31 Å². The average Bonchev–Trinajstić information content (AvgIpc) is 2.96. The van der Waals surface area contributed by atoms with Gasteiger partial charge in [-0.1, -0.05) is 11.6 Å². The molecule has 1 aromatic carbocycles. The Labute approximate surface area is 132 Å². The van der Waals surface area contributed by atoms with Gasteiger partial charge in [-0.3, -0.25) is 4.79 Å². The maximum absolute atomic E-state index is 12.7. The number of hydrogen-bond acceptors (Lipinski definition) is 5. The number of esters is 1. The summed E-state index contributed by atoms with van der Waals surface area (Å²) in [5.74, 6) is -2.07. The molecule has 0 aliphatic carbocycles. The first-order valence-electron chi connectivity index (χ1n) is 6.41. The average molecular weight is 348 g/mol. The normalized spacial score (nSPS) is 19.1. The fraction of sp³-hybridized carbons (Fsp3) is 0.385. The molecule has 1 atom stereocenters. The van der Waals surface area contributed by atoms with Crippen molar-refractivity contribution < 1.29 is 27.9 Å². The fourth-order valence-electron chi connectivity index (χ4n) is 2.40. The predicted molar refractivity (Wildman–Crippen MR) is 77.3 cm³/mol. The van der Waals surface area contributed by atoms with Gasteiger partial charge in [0.05, 0.1) is 17.6 Å². The maximum atomic E-state index is 12.7. The van der Waals surface area contributed by atoms with E-state index in [1.807, 2.05) is 0 Å². The second-order valence-electron chi connectivity index (χ2n) is 4.74. The Morgan fingerprint density at radius 1 is 1.41 bits per heavy atom. The highest BCUT2D eigenvalue weighted by Crippen LogP contribution is 2.29. The van der Waals surface area contributed by atoms with Crippen molar-refractivity contribution in [3.05, 3.63) is 28.8 Å². The minimum atomic E-state index is -4.14. The van der Waals surface area contributed by atoms with E-state index in [1.54, 1.807) is 0 Å². The highest BCUT2D eigenvalue weighted by Gasteiger charge is 2.41. The molecule has 22 heavy (non-hydrogen) atoms. The summed E-state index contributed by atoms with van der Waals surface area (Å²) in [6.07, 6.45) is 0.674. The van der Waals surface area contributed by atoms with Crippen LogP contribution in [0.25, 0.3) is 0 Å². The van der Waals surface area contributed by atoms with Crippen LogP contribution >= 0.6 is 11.6 Å². The molecule has 1 saturated heterocycles. The van der Waals surface area contributed by atoms with E-state index in [1.165, 1.54) is 18.2 Å². The largest absolute Gasteiger partial charge is 0.480 e. The number of carboxylic acids is 1. The Kier molecular flexibility index (Phi) is 4.74. The lowest BCUT2D eigenvalue weighted by atomic mass is 10.2. The van der Waals surface area contributed by atoms with Gasteiger partial charge in [-0.15, -0.1) is 0 Å². The molecule has 1 heterocycles. The smallest absolute Gasteiger partial charge is 0.339 e. The molecule has 0 aromatic heterocycles. The van der Waals surface area contributed by atoms with Crippen LogP contribution in [0.2, 0.25) is 5.02 Å². The van der Waals surface area contributed by atoms with Crippen molar-refractivity contribution in [3.63, 3.8) is 0 Å². The van der Waals surface area contributed by atoms with Crippen LogP contribution in [0.5, 0.6) is 0 Å². The Hall–Kier alpha value is -1.64. The van der Waals surface area contributed by atoms with Gasteiger partial charge in [0.25, 0.3) is 0 Å². The van der Waals surface area contributed by atoms with E-state index in [2.05, 4.69) is 4.74 Å². The van der Waals surface area contributed by atoms with E-state index < -0.39 is 28.0 Å². The van der Waals surface area contributed by atoms with Gasteiger partial charge >= 0.3 is 11.9 Å². The number of sulfonamides is 1. The third kappa shape index (κ3) is 2.94. The molecule has 1 fully saturated rings. The Balaban J connectivity index is 2.55. The van der Waals surface area contributed by atoms with Crippen LogP contribution in [0.15, 0.2) is 23.1 Å². The zero-order valence-electron chi connectivity index (χ0n) is 11.7. The van der Waals surface area contributed by atoms with E-state index in [4.69, 9.17) is 16.7 Å². The monoisotopic (exact) mass is 347 g/mol. The van der Waals surface area contributed by atoms with Crippen molar-refractivity contribution in [3.8, 4) is 0 Å². The first kappa shape index (κ1) is 16.7. The number of carboxylic acid groups (broad SMARTS) is 1. The number of aliphatic carboxylic acids is 1. The standard InChI is InChI=1S/C13H14ClNO6S/c1-21-13(18)9-7-8(14)4-5-11(9)22(19,20)15-6-2-3-10(15)12(16)17/h4-5,7,10H,2-3,6H2,1H3,(H,16,17). The summed E-state index contributed by atoms with van der Waals surface area (Å²) in [6.45, 7) is 0.0859. The molecule has 1 aromatic rings. The van der Waals surface area contributed by atoms with Crippen LogP contribution in [0.1, 0.15) is 23.2 Å². The Morgan fingerprint density at radius 3 is 2.68 bits per heavy atom. The third-order valence-corrected chi connectivity index (χ3v) is 5.62. The zero-order valence-corrected chi connectivity index (χ0v) is 13.2. The number of halogens is 1. The second-order valence-corrected chi connectivity index (χ2v) is 7.04. The van der Waals surface area contributed by atoms with Gasteiger partial charge < -0.3 is 9.84 Å². The second kappa shape index (κ2) is 6.23. The molecule has 0 radical (unpaired) electrons. The number of rotatable bonds is 4. The molecule has 1 aliphatic rings. The first-order valence-corrected chi connectivity index (χ1v) is 8.23. The Morgan fingerprint density at radius 2 is 2.09 bits per heavy atom. The molecule has 1 unspecified atom stereocenters. The fourth-order valence-corrected chi connectivity index (χ4v) is 4.38. The van der Waals surface area contributed by atoms with E-state index in [9.17, 15) is 18.0 Å². The third-order valence-electron chi connectivity index (χ3n) is 3.42. The van der Waals surface area contributed by atoms with Crippen molar-refractivity contribution in [2.75, 3.05) is 13.7 Å². The topological polar surface area (TPSA) is 101 Å². The predicted octanol–water partition coefficient (Wildman–Crippen LogP) is 1.36. The lowest BCUT2D eigenvalue weighted by Crippen LogP contribution is -2.40. The Bertz CT molecular complexity index is 717. The summed E-state index contributed by atoms with van der Waals surface area (Å²) < 4.78 is 30.9. The van der Waals surface area contributed by atoms with Crippen molar-refractivity contribution >= 4 is 33.6 Å². The van der Waals surface area contributed by atoms with Gasteiger partial charge in [0.2, 0.25) is 10.0 Å². The van der Waals surface area contributed by atoms with Gasteiger partial charge in [0.15, 0.2) is 0 Å². The number of nitrogens with zero attached hydrogens (tertiary/aromatic N) is 1. The molecule has 0 bridgehead atoms. The highest BCUT2D eigenvalue weighted by atomic mass is 35.5. The number of hydrogen-bond donors (Lipinski definition) is 1. The lowest BCUT2D eigenvalue weighted by Gasteiger charge is -2.22. The number of benzene rings is 1. The van der Waals surface area contributed by atoms with Crippen molar-refractivity contribution in [1.29, 1.82) is 0 Å². The summed E-state index contributed by atoms with van der Waals surface area (Å²) in [6, 6.07) is 2.56. The summed E-state index contributed by atoms with van der Waals surface area (Å²) in [4.78, 5) is 22.7. The minimum absolute atomic E-state index is 0.0859. The lowest BCUT2D eigenvalue weighted by molar-refractivity contribution is -0.140. The molecular weight excluding hydrogens is 334 g/mol. The summed E-state index contributed by atoms with van der Waals surface area (Å²) in [5, 5.41) is 9.32. The molecule has 0 saturated carbocycles. The number of ether oxygens (including phenoxy) is 1. The van der Waals surface area contributed by atoms with Crippen LogP contribution in [-0.2, 0) is 19.6 Å².